The summed E-state index contributed by atoms with van der Waals surface area (Å²) in [5, 5.41) is 5.10. The van der Waals surface area contributed by atoms with Crippen LogP contribution in [0.25, 0.3) is 9.75 Å². The minimum Gasteiger partial charge on any atom is -0.381 e. The fraction of sp³-hybridized carbons (Fsp3) is 0.400. The molecule has 1 atom stereocenters. The van der Waals surface area contributed by atoms with Gasteiger partial charge in [-0.2, -0.15) is 0 Å². The lowest BCUT2D eigenvalue weighted by molar-refractivity contribution is -0.124. The molecular formula is C15H17NO2S2. The lowest BCUT2D eigenvalue weighted by atomic mass is 10.1. The first-order valence-electron chi connectivity index (χ1n) is 6.81. The Morgan fingerprint density at radius 2 is 2.30 bits per heavy atom. The molecule has 0 aliphatic carbocycles. The molecule has 106 valence electrons. The number of hydrogen-bond acceptors (Lipinski definition) is 4. The molecule has 20 heavy (non-hydrogen) atoms. The molecule has 1 N–H and O–H groups in total. The highest BCUT2D eigenvalue weighted by atomic mass is 32.1. The predicted octanol–water partition coefficient (Wildman–Crippen LogP) is 3.17. The van der Waals surface area contributed by atoms with Gasteiger partial charge in [-0.3, -0.25) is 4.79 Å². The molecule has 1 saturated heterocycles. The maximum atomic E-state index is 11.8. The smallest absolute Gasteiger partial charge is 0.225 e. The molecule has 2 aromatic rings. The highest BCUT2D eigenvalue weighted by molar-refractivity contribution is 7.21. The second-order valence-electron chi connectivity index (χ2n) is 4.84. The van der Waals surface area contributed by atoms with Gasteiger partial charge in [0.2, 0.25) is 5.91 Å². The Morgan fingerprint density at radius 1 is 1.35 bits per heavy atom. The number of nitrogens with one attached hydrogen (secondary N) is 1. The summed E-state index contributed by atoms with van der Waals surface area (Å²) in [5.74, 6) is 0.192. The Kier molecular flexibility index (Phi) is 4.50. The molecule has 1 unspecified atom stereocenters. The summed E-state index contributed by atoms with van der Waals surface area (Å²) in [6.07, 6.45) is 1.75. The van der Waals surface area contributed by atoms with Gasteiger partial charge in [0.1, 0.15) is 0 Å². The normalized spacial score (nSPS) is 18.3. The van der Waals surface area contributed by atoms with Crippen LogP contribution in [0.2, 0.25) is 0 Å². The van der Waals surface area contributed by atoms with Gasteiger partial charge in [-0.25, -0.2) is 0 Å². The lowest BCUT2D eigenvalue weighted by Gasteiger charge is -2.08. The van der Waals surface area contributed by atoms with Gasteiger partial charge in [-0.15, -0.1) is 22.7 Å². The summed E-state index contributed by atoms with van der Waals surface area (Å²) < 4.78 is 5.23. The molecule has 3 nitrogen and oxygen atoms in total. The van der Waals surface area contributed by atoms with E-state index < -0.39 is 0 Å². The second kappa shape index (κ2) is 6.52. The molecule has 1 aliphatic rings. The van der Waals surface area contributed by atoms with Crippen LogP contribution in [0.5, 0.6) is 0 Å². The maximum absolute atomic E-state index is 11.8. The van der Waals surface area contributed by atoms with Crippen molar-refractivity contribution in [3.63, 3.8) is 0 Å². The van der Waals surface area contributed by atoms with Gasteiger partial charge in [0.25, 0.3) is 0 Å². The molecule has 0 spiro atoms. The van der Waals surface area contributed by atoms with Gasteiger partial charge >= 0.3 is 0 Å². The van der Waals surface area contributed by atoms with E-state index in [0.29, 0.717) is 19.8 Å². The van der Waals surface area contributed by atoms with Crippen molar-refractivity contribution in [3.8, 4) is 9.75 Å². The zero-order valence-corrected chi connectivity index (χ0v) is 12.8. The van der Waals surface area contributed by atoms with Crippen molar-refractivity contribution in [2.45, 2.75) is 12.8 Å². The average molecular weight is 307 g/mol. The van der Waals surface area contributed by atoms with Gasteiger partial charge < -0.3 is 10.1 Å². The van der Waals surface area contributed by atoms with Crippen LogP contribution in [0.3, 0.4) is 0 Å². The summed E-state index contributed by atoms with van der Waals surface area (Å²) in [6, 6.07) is 8.54. The Bertz CT molecular complexity index is 556. The van der Waals surface area contributed by atoms with Crippen molar-refractivity contribution in [3.05, 3.63) is 34.5 Å². The molecular weight excluding hydrogens is 290 g/mol. The first-order valence-corrected chi connectivity index (χ1v) is 8.50. The predicted molar refractivity (Wildman–Crippen MR) is 83.3 cm³/mol. The molecule has 3 rings (SSSR count). The van der Waals surface area contributed by atoms with E-state index in [1.165, 1.54) is 14.6 Å². The number of carbonyl (C=O) groups is 1. The van der Waals surface area contributed by atoms with Crippen molar-refractivity contribution >= 4 is 28.6 Å². The average Bonchev–Trinajstić information content (AvgIpc) is 3.20. The van der Waals surface area contributed by atoms with Crippen molar-refractivity contribution < 1.29 is 9.53 Å². The molecule has 0 bridgehead atoms. The van der Waals surface area contributed by atoms with Gasteiger partial charge in [0.05, 0.1) is 12.5 Å². The molecule has 0 radical (unpaired) electrons. The van der Waals surface area contributed by atoms with Crippen LogP contribution in [0.1, 0.15) is 11.3 Å². The Balaban J connectivity index is 1.48. The minimum absolute atomic E-state index is 0.0556. The van der Waals surface area contributed by atoms with E-state index in [1.807, 2.05) is 11.3 Å². The van der Waals surface area contributed by atoms with E-state index in [-0.39, 0.29) is 11.8 Å². The number of amides is 1. The van der Waals surface area contributed by atoms with Crippen LogP contribution in [-0.2, 0) is 16.0 Å². The number of hydrogen-bond donors (Lipinski definition) is 1. The molecule has 0 saturated carbocycles. The SMILES string of the molecule is O=C(NCCc1ccc(-c2cccs2)s1)C1CCOC1. The second-order valence-corrected chi connectivity index (χ2v) is 6.96. The van der Waals surface area contributed by atoms with Gasteiger partial charge in [0.15, 0.2) is 0 Å². The van der Waals surface area contributed by atoms with Crippen molar-refractivity contribution in [2.75, 3.05) is 19.8 Å². The summed E-state index contributed by atoms with van der Waals surface area (Å²) in [6.45, 7) is 2.00. The molecule has 3 heterocycles. The maximum Gasteiger partial charge on any atom is 0.225 e. The van der Waals surface area contributed by atoms with Crippen molar-refractivity contribution in [2.24, 2.45) is 5.92 Å². The van der Waals surface area contributed by atoms with E-state index in [0.717, 1.165) is 12.8 Å². The molecule has 1 amide bonds. The fourth-order valence-corrected chi connectivity index (χ4v) is 4.10. The van der Waals surface area contributed by atoms with Crippen LogP contribution in [0, 0.1) is 5.92 Å². The summed E-state index contributed by atoms with van der Waals surface area (Å²) in [7, 11) is 0. The van der Waals surface area contributed by atoms with Crippen molar-refractivity contribution in [1.29, 1.82) is 0 Å². The summed E-state index contributed by atoms with van der Waals surface area (Å²) in [5.41, 5.74) is 0. The molecule has 1 fully saturated rings. The number of carbonyl (C=O) groups excluding carboxylic acids is 1. The molecule has 2 aromatic heterocycles. The van der Waals surface area contributed by atoms with E-state index in [4.69, 9.17) is 4.74 Å². The largest absolute Gasteiger partial charge is 0.381 e. The van der Waals surface area contributed by atoms with Crippen LogP contribution < -0.4 is 5.32 Å². The third-order valence-electron chi connectivity index (χ3n) is 3.40. The quantitative estimate of drug-likeness (QED) is 0.921. The Hall–Kier alpha value is -1.17. The third kappa shape index (κ3) is 3.29. The number of ether oxygens (including phenoxy) is 1. The van der Waals surface area contributed by atoms with Gasteiger partial charge in [-0.05, 0) is 36.4 Å². The number of thiophene rings is 2. The first-order chi connectivity index (χ1) is 9.83. The van der Waals surface area contributed by atoms with Crippen LogP contribution in [0.15, 0.2) is 29.6 Å². The van der Waals surface area contributed by atoms with E-state index in [1.54, 1.807) is 11.3 Å². The van der Waals surface area contributed by atoms with Crippen LogP contribution >= 0.6 is 22.7 Å². The first kappa shape index (κ1) is 13.8. The van der Waals surface area contributed by atoms with E-state index in [2.05, 4.69) is 35.0 Å². The lowest BCUT2D eigenvalue weighted by Crippen LogP contribution is -2.32. The van der Waals surface area contributed by atoms with E-state index in [9.17, 15) is 4.79 Å². The third-order valence-corrected chi connectivity index (χ3v) is 5.61. The molecule has 5 heteroatoms. The topological polar surface area (TPSA) is 38.3 Å². The van der Waals surface area contributed by atoms with E-state index >= 15 is 0 Å². The van der Waals surface area contributed by atoms with Crippen molar-refractivity contribution in [1.82, 2.24) is 5.32 Å². The van der Waals surface area contributed by atoms with Gasteiger partial charge in [-0.1, -0.05) is 6.07 Å². The summed E-state index contributed by atoms with van der Waals surface area (Å²) >= 11 is 3.57. The molecule has 0 aromatic carbocycles. The highest BCUT2D eigenvalue weighted by Gasteiger charge is 2.22. The Labute approximate surface area is 126 Å². The monoisotopic (exact) mass is 307 g/mol. The van der Waals surface area contributed by atoms with Crippen LogP contribution in [-0.4, -0.2) is 25.7 Å². The molecule has 1 aliphatic heterocycles. The Morgan fingerprint density at radius 3 is 3.05 bits per heavy atom. The zero-order chi connectivity index (χ0) is 13.8. The van der Waals surface area contributed by atoms with Gasteiger partial charge in [0, 0.05) is 27.8 Å². The summed E-state index contributed by atoms with van der Waals surface area (Å²) in [4.78, 5) is 15.8. The zero-order valence-electron chi connectivity index (χ0n) is 11.1. The fourth-order valence-electron chi connectivity index (χ4n) is 2.26. The standard InChI is InChI=1S/C15H17NO2S2/c17-15(11-6-8-18-10-11)16-7-5-12-3-4-14(20-12)13-2-1-9-19-13/h1-4,9,11H,5-8,10H2,(H,16,17). The number of rotatable bonds is 5. The van der Waals surface area contributed by atoms with Crippen LogP contribution in [0.4, 0.5) is 0 Å². The highest BCUT2D eigenvalue weighted by Crippen LogP contribution is 2.31. The minimum atomic E-state index is 0.0556.